The van der Waals surface area contributed by atoms with E-state index >= 15 is 0 Å². The zero-order valence-electron chi connectivity index (χ0n) is 16.6. The van der Waals surface area contributed by atoms with E-state index in [0.29, 0.717) is 34.2 Å². The fourth-order valence-corrected chi connectivity index (χ4v) is 4.14. The first-order valence-electron chi connectivity index (χ1n) is 9.50. The fraction of sp³-hybridized carbons (Fsp3) is 0.400. The third-order valence-corrected chi connectivity index (χ3v) is 5.98. The average molecular weight is 479 g/mol. The van der Waals surface area contributed by atoms with E-state index in [4.69, 9.17) is 4.52 Å². The number of benzene rings is 1. The molecule has 1 aromatic carbocycles. The number of rotatable bonds is 8. The monoisotopic (exact) mass is 478 g/mol. The van der Waals surface area contributed by atoms with Crippen molar-refractivity contribution in [2.75, 3.05) is 5.32 Å². The molecule has 0 aliphatic rings. The van der Waals surface area contributed by atoms with Crippen LogP contribution in [0.2, 0.25) is 0 Å². The molecule has 0 saturated carbocycles. The van der Waals surface area contributed by atoms with Crippen molar-refractivity contribution in [3.05, 3.63) is 44.9 Å². The average Bonchev–Trinajstić information content (AvgIpc) is 3.09. The molecule has 1 atom stereocenters. The number of anilines is 1. The molecule has 0 aliphatic carbocycles. The lowest BCUT2D eigenvalue weighted by Gasteiger charge is -2.16. The minimum Gasteiger partial charge on any atom is -0.360 e. The lowest BCUT2D eigenvalue weighted by atomic mass is 10.2. The topological polar surface area (TPSA) is 90.0 Å². The number of thioether (sulfide) groups is 1. The molecule has 0 saturated heterocycles. The molecule has 0 aliphatic heterocycles. The summed E-state index contributed by atoms with van der Waals surface area (Å²) in [5.41, 5.74) is 0.529. The van der Waals surface area contributed by atoms with Crippen LogP contribution in [0.3, 0.4) is 0 Å². The van der Waals surface area contributed by atoms with Gasteiger partial charge in [-0.1, -0.05) is 52.6 Å². The Morgan fingerprint density at radius 3 is 2.83 bits per heavy atom. The van der Waals surface area contributed by atoms with Crippen LogP contribution in [0.15, 0.2) is 43.2 Å². The van der Waals surface area contributed by atoms with Crippen molar-refractivity contribution in [3.8, 4) is 0 Å². The molecular weight excluding hydrogens is 456 g/mol. The van der Waals surface area contributed by atoms with Crippen LogP contribution in [0, 0.1) is 6.92 Å². The zero-order chi connectivity index (χ0) is 21.0. The molecule has 0 bridgehead atoms. The van der Waals surface area contributed by atoms with Gasteiger partial charge in [0, 0.05) is 17.1 Å². The standard InChI is InChI=1S/C20H23BrN4O3S/c1-4-5-6-9-25-19(27)15-11-14(21)7-8-16(15)22-20(25)29-13(3)18(26)23-17-10-12(2)28-24-17/h7-8,10-11,13H,4-6,9H2,1-3H3,(H,23,24,26). The first-order chi connectivity index (χ1) is 13.9. The van der Waals surface area contributed by atoms with Crippen LogP contribution in [0.25, 0.3) is 10.9 Å². The summed E-state index contributed by atoms with van der Waals surface area (Å²) in [6.07, 6.45) is 2.96. The first-order valence-corrected chi connectivity index (χ1v) is 11.2. The van der Waals surface area contributed by atoms with Gasteiger partial charge in [0.2, 0.25) is 5.91 Å². The quantitative estimate of drug-likeness (QED) is 0.285. The van der Waals surface area contributed by atoms with E-state index in [1.807, 2.05) is 12.1 Å². The van der Waals surface area contributed by atoms with E-state index in [-0.39, 0.29) is 11.5 Å². The highest BCUT2D eigenvalue weighted by Gasteiger charge is 2.20. The number of unbranched alkanes of at least 4 members (excludes halogenated alkanes) is 2. The fourth-order valence-electron chi connectivity index (χ4n) is 2.84. The summed E-state index contributed by atoms with van der Waals surface area (Å²) >= 11 is 4.68. The highest BCUT2D eigenvalue weighted by atomic mass is 79.9. The normalized spacial score (nSPS) is 12.3. The predicted molar refractivity (Wildman–Crippen MR) is 118 cm³/mol. The van der Waals surface area contributed by atoms with Crippen LogP contribution in [0.4, 0.5) is 5.82 Å². The van der Waals surface area contributed by atoms with Gasteiger partial charge in [-0.15, -0.1) is 0 Å². The number of carbonyl (C=O) groups excluding carboxylic acids is 1. The van der Waals surface area contributed by atoms with Crippen molar-refractivity contribution < 1.29 is 9.32 Å². The highest BCUT2D eigenvalue weighted by Crippen LogP contribution is 2.25. The van der Waals surface area contributed by atoms with Gasteiger partial charge in [-0.2, -0.15) is 0 Å². The highest BCUT2D eigenvalue weighted by molar-refractivity contribution is 9.10. The molecule has 9 heteroatoms. The lowest BCUT2D eigenvalue weighted by Crippen LogP contribution is -2.27. The van der Waals surface area contributed by atoms with Gasteiger partial charge in [0.25, 0.3) is 5.56 Å². The summed E-state index contributed by atoms with van der Waals surface area (Å²) in [4.78, 5) is 30.3. The molecule has 0 spiro atoms. The van der Waals surface area contributed by atoms with Crippen LogP contribution in [-0.4, -0.2) is 25.9 Å². The van der Waals surface area contributed by atoms with E-state index in [1.165, 1.54) is 11.8 Å². The largest absolute Gasteiger partial charge is 0.360 e. The second kappa shape index (κ2) is 9.58. The third kappa shape index (κ3) is 5.27. The van der Waals surface area contributed by atoms with Gasteiger partial charge in [0.15, 0.2) is 11.0 Å². The van der Waals surface area contributed by atoms with Gasteiger partial charge in [0.1, 0.15) is 5.76 Å². The van der Waals surface area contributed by atoms with Gasteiger partial charge in [-0.25, -0.2) is 4.98 Å². The zero-order valence-corrected chi connectivity index (χ0v) is 19.0. The van der Waals surface area contributed by atoms with Crippen molar-refractivity contribution in [2.45, 2.75) is 57.0 Å². The number of aromatic nitrogens is 3. The maximum absolute atomic E-state index is 13.1. The number of carbonyl (C=O) groups is 1. The molecule has 0 radical (unpaired) electrons. The Labute approximate surface area is 181 Å². The Bertz CT molecular complexity index is 1080. The molecule has 2 aromatic heterocycles. The number of nitrogens with one attached hydrogen (secondary N) is 1. The summed E-state index contributed by atoms with van der Waals surface area (Å²) in [6, 6.07) is 7.11. The second-order valence-corrected chi connectivity index (χ2v) is 9.02. The Balaban J connectivity index is 1.89. The van der Waals surface area contributed by atoms with Gasteiger partial charge in [-0.05, 0) is 38.5 Å². The van der Waals surface area contributed by atoms with Crippen molar-refractivity contribution in [2.24, 2.45) is 0 Å². The van der Waals surface area contributed by atoms with Crippen LogP contribution in [0.5, 0.6) is 0 Å². The summed E-state index contributed by atoms with van der Waals surface area (Å²) in [6.45, 7) is 6.22. The number of amides is 1. The maximum atomic E-state index is 13.1. The van der Waals surface area contributed by atoms with E-state index in [0.717, 1.165) is 23.7 Å². The van der Waals surface area contributed by atoms with Crippen molar-refractivity contribution in [3.63, 3.8) is 0 Å². The molecule has 3 rings (SSSR count). The second-order valence-electron chi connectivity index (χ2n) is 6.79. The van der Waals surface area contributed by atoms with Crippen LogP contribution >= 0.6 is 27.7 Å². The predicted octanol–water partition coefficient (Wildman–Crippen LogP) is 4.76. The SMILES string of the molecule is CCCCCn1c(SC(C)C(=O)Nc2cc(C)on2)nc2ccc(Br)cc2c1=O. The summed E-state index contributed by atoms with van der Waals surface area (Å²) < 4.78 is 7.49. The maximum Gasteiger partial charge on any atom is 0.262 e. The summed E-state index contributed by atoms with van der Waals surface area (Å²) in [7, 11) is 0. The number of hydrogen-bond donors (Lipinski definition) is 1. The Kier molecular flexibility index (Phi) is 7.13. The molecule has 7 nitrogen and oxygen atoms in total. The molecule has 154 valence electrons. The summed E-state index contributed by atoms with van der Waals surface area (Å²) in [5, 5.41) is 7.15. The number of halogens is 1. The van der Waals surface area contributed by atoms with Gasteiger partial charge >= 0.3 is 0 Å². The molecule has 1 unspecified atom stereocenters. The van der Waals surface area contributed by atoms with E-state index in [1.54, 1.807) is 30.5 Å². The van der Waals surface area contributed by atoms with Crippen molar-refractivity contribution in [1.29, 1.82) is 0 Å². The molecule has 1 N–H and O–H groups in total. The van der Waals surface area contributed by atoms with Gasteiger partial charge in [-0.3, -0.25) is 14.2 Å². The van der Waals surface area contributed by atoms with Crippen molar-refractivity contribution >= 4 is 50.3 Å². The smallest absolute Gasteiger partial charge is 0.262 e. The molecule has 29 heavy (non-hydrogen) atoms. The van der Waals surface area contributed by atoms with E-state index in [2.05, 4.69) is 38.3 Å². The molecule has 2 heterocycles. The van der Waals surface area contributed by atoms with E-state index < -0.39 is 5.25 Å². The van der Waals surface area contributed by atoms with E-state index in [9.17, 15) is 9.59 Å². The third-order valence-electron chi connectivity index (χ3n) is 4.40. The van der Waals surface area contributed by atoms with Crippen LogP contribution in [-0.2, 0) is 11.3 Å². The van der Waals surface area contributed by atoms with Gasteiger partial charge in [0.05, 0.1) is 16.2 Å². The Morgan fingerprint density at radius 2 is 2.14 bits per heavy atom. The summed E-state index contributed by atoms with van der Waals surface area (Å²) in [5.74, 6) is 0.762. The number of fused-ring (bicyclic) bond motifs is 1. The minimum absolute atomic E-state index is 0.0883. The number of hydrogen-bond acceptors (Lipinski definition) is 6. The molecule has 3 aromatic rings. The molecule has 1 amide bonds. The van der Waals surface area contributed by atoms with Gasteiger partial charge < -0.3 is 9.84 Å². The van der Waals surface area contributed by atoms with Crippen LogP contribution < -0.4 is 10.9 Å². The number of nitrogens with zero attached hydrogens (tertiary/aromatic N) is 3. The lowest BCUT2D eigenvalue weighted by molar-refractivity contribution is -0.115. The minimum atomic E-state index is -0.468. The molecular formula is C20H23BrN4O3S. The Morgan fingerprint density at radius 1 is 1.34 bits per heavy atom. The Hall–Kier alpha value is -2.13. The van der Waals surface area contributed by atoms with Crippen molar-refractivity contribution in [1.82, 2.24) is 14.7 Å². The molecule has 0 fully saturated rings. The first kappa shape index (κ1) is 21.6. The number of aryl methyl sites for hydroxylation is 1. The van der Waals surface area contributed by atoms with Crippen LogP contribution in [0.1, 0.15) is 38.9 Å².